The van der Waals surface area contributed by atoms with Crippen LogP contribution in [0.25, 0.3) is 0 Å². The van der Waals surface area contributed by atoms with E-state index in [1.807, 2.05) is 0 Å². The average Bonchev–Trinajstić information content (AvgIpc) is 2.90. The van der Waals surface area contributed by atoms with Crippen LogP contribution in [-0.2, 0) is 11.2 Å². The molecule has 0 spiro atoms. The van der Waals surface area contributed by atoms with E-state index < -0.39 is 12.0 Å². The summed E-state index contributed by atoms with van der Waals surface area (Å²) in [5.74, 6) is -0.860. The number of hydrogen-bond acceptors (Lipinski definition) is 3. The molecule has 0 aromatic heterocycles. The zero-order chi connectivity index (χ0) is 13.4. The van der Waals surface area contributed by atoms with Crippen LogP contribution in [0.5, 0.6) is 5.75 Å². The summed E-state index contributed by atoms with van der Waals surface area (Å²) in [5.41, 5.74) is 6.12. The standard InChI is InChI=1S/C9H11NO3.C2H5I3/c10-8(9(12)13)5-6-1-3-7(11)4-2-6;1-2-4-5-3-1/h1-4,8,11H,5,10H2,(H,12,13);1-5H/t8-;/m0./s1. The molecule has 1 atom stereocenters. The van der Waals surface area contributed by atoms with E-state index in [9.17, 15) is 4.79 Å². The van der Waals surface area contributed by atoms with Crippen LogP contribution in [0.4, 0.5) is 0 Å². The molecule has 1 heterocycles. The van der Waals surface area contributed by atoms with Gasteiger partial charge in [0.2, 0.25) is 0 Å². The van der Waals surface area contributed by atoms with Crippen molar-refractivity contribution >= 4 is 53.7 Å². The number of carboxylic acid groups (broad SMARTS) is 1. The third-order valence-electron chi connectivity index (χ3n) is 1.95. The molecular weight excluding hydrogens is 575 g/mol. The van der Waals surface area contributed by atoms with Gasteiger partial charge in [0.15, 0.2) is 0 Å². The van der Waals surface area contributed by atoms with E-state index in [1.165, 1.54) is 12.1 Å². The summed E-state index contributed by atoms with van der Waals surface area (Å²) in [5, 5.41) is 17.5. The molecule has 0 radical (unpaired) electrons. The second-order valence-corrected chi connectivity index (χ2v) is 33.8. The molecule has 1 aromatic carbocycles. The van der Waals surface area contributed by atoms with Gasteiger partial charge >= 0.3 is 61.9 Å². The fourth-order valence-corrected chi connectivity index (χ4v) is 35.2. The fraction of sp³-hybridized carbons (Fsp3) is 0.182. The first-order chi connectivity index (χ1) is 8.59. The van der Waals surface area contributed by atoms with Crippen molar-refractivity contribution in [2.45, 2.75) is 12.5 Å². The van der Waals surface area contributed by atoms with E-state index in [-0.39, 0.29) is 12.2 Å². The molecule has 7 heteroatoms. The number of phenolic OH excluding ortho intramolecular Hbond substituents is 1. The van der Waals surface area contributed by atoms with Crippen molar-refractivity contribution in [3.05, 3.63) is 38.0 Å². The van der Waals surface area contributed by atoms with Crippen molar-refractivity contribution in [3.63, 3.8) is 0 Å². The molecule has 0 amide bonds. The van der Waals surface area contributed by atoms with Crippen LogP contribution in [0.1, 0.15) is 5.56 Å². The van der Waals surface area contributed by atoms with Crippen LogP contribution >= 0.6 is 47.7 Å². The maximum atomic E-state index is 10.4. The number of nitrogens with two attached hydrogens (primary N) is 1. The minimum Gasteiger partial charge on any atom is -0.508 e. The Hall–Kier alpha value is 0.380. The zero-order valence-electron chi connectivity index (χ0n) is 9.35. The van der Waals surface area contributed by atoms with Crippen molar-refractivity contribution in [2.75, 3.05) is 0 Å². The molecular formula is C11H16I3NO3. The maximum absolute atomic E-state index is 10.4. The Bertz CT molecular complexity index is 402. The molecule has 4 N–H and O–H groups in total. The Morgan fingerprint density at radius 1 is 1.22 bits per heavy atom. The second kappa shape index (κ2) is 9.31. The minimum atomic E-state index is -1.02. The van der Waals surface area contributed by atoms with Crippen LogP contribution < -0.4 is 5.73 Å². The van der Waals surface area contributed by atoms with Crippen molar-refractivity contribution < 1.29 is 15.0 Å². The number of halogens is 3. The fourth-order valence-electron chi connectivity index (χ4n) is 1.09. The molecule has 0 saturated carbocycles. The van der Waals surface area contributed by atoms with Crippen molar-refractivity contribution in [1.29, 1.82) is 0 Å². The molecule has 0 fully saturated rings. The number of carbonyl (C=O) groups is 1. The summed E-state index contributed by atoms with van der Waals surface area (Å²) in [6.07, 6.45) is 0.273. The zero-order valence-corrected chi connectivity index (χ0v) is 16.3. The van der Waals surface area contributed by atoms with Gasteiger partial charge in [-0.1, -0.05) is 12.1 Å². The number of phenols is 1. The first-order valence-electron chi connectivity index (χ1n) is 4.99. The predicted octanol–water partition coefficient (Wildman–Crippen LogP) is 2.76. The summed E-state index contributed by atoms with van der Waals surface area (Å²) in [4.78, 5) is 10.4. The van der Waals surface area contributed by atoms with Gasteiger partial charge in [-0.2, -0.15) is 0 Å². The van der Waals surface area contributed by atoms with Gasteiger partial charge in [0.1, 0.15) is 11.8 Å². The third-order valence-corrected chi connectivity index (χ3v) is 32.9. The molecule has 104 valence electrons. The van der Waals surface area contributed by atoms with Crippen molar-refractivity contribution in [3.8, 4) is 5.75 Å². The Morgan fingerprint density at radius 3 is 2.17 bits per heavy atom. The molecule has 1 aromatic rings. The summed E-state index contributed by atoms with van der Waals surface area (Å²) >= 11 is 1.98. The largest absolute Gasteiger partial charge is 0.508 e. The average molecular weight is 591 g/mol. The number of aromatic hydroxyl groups is 1. The van der Waals surface area contributed by atoms with Crippen molar-refractivity contribution in [2.24, 2.45) is 5.73 Å². The maximum Gasteiger partial charge on any atom is 0.320 e. The quantitative estimate of drug-likeness (QED) is 0.473. The monoisotopic (exact) mass is 591 g/mol. The van der Waals surface area contributed by atoms with Gasteiger partial charge in [-0.05, 0) is 24.1 Å². The van der Waals surface area contributed by atoms with E-state index in [0.29, 0.717) is 34.5 Å². The normalized spacial score (nSPS) is 16.1. The summed E-state index contributed by atoms with van der Waals surface area (Å²) < 4.78 is 4.96. The second-order valence-electron chi connectivity index (χ2n) is 3.35. The van der Waals surface area contributed by atoms with E-state index in [2.05, 4.69) is 8.17 Å². The Balaban J connectivity index is 0.000000269. The molecule has 1 aliphatic heterocycles. The van der Waals surface area contributed by atoms with Crippen LogP contribution in [0.3, 0.4) is 0 Å². The third kappa shape index (κ3) is 7.09. The smallest absolute Gasteiger partial charge is 0.320 e. The number of rotatable bonds is 3. The SMILES string of the molecule is C1=C[IH][IH][IH]1.N[C@@H](Cc1ccc(O)cc1)C(=O)O. The molecule has 0 aliphatic carbocycles. The van der Waals surface area contributed by atoms with Crippen LogP contribution in [-0.4, -0.2) is 22.2 Å². The Labute approximate surface area is 129 Å². The van der Waals surface area contributed by atoms with Crippen molar-refractivity contribution in [1.82, 2.24) is 0 Å². The summed E-state index contributed by atoms with van der Waals surface area (Å²) in [7, 11) is 0. The van der Waals surface area contributed by atoms with E-state index in [0.717, 1.165) is 18.8 Å². The first kappa shape index (κ1) is 16.4. The molecule has 1 aliphatic rings. The number of carboxylic acids is 1. The van der Waals surface area contributed by atoms with Gasteiger partial charge in [-0.25, -0.2) is 0 Å². The van der Waals surface area contributed by atoms with E-state index >= 15 is 0 Å². The molecule has 0 saturated heterocycles. The van der Waals surface area contributed by atoms with Gasteiger partial charge in [0.05, 0.1) is 0 Å². The molecule has 4 nitrogen and oxygen atoms in total. The topological polar surface area (TPSA) is 83.5 Å². The number of benzene rings is 1. The Morgan fingerprint density at radius 2 is 1.78 bits per heavy atom. The van der Waals surface area contributed by atoms with Gasteiger partial charge in [-0.15, -0.1) is 0 Å². The van der Waals surface area contributed by atoms with Crippen LogP contribution in [0.15, 0.2) is 32.4 Å². The molecule has 0 unspecified atom stereocenters. The van der Waals surface area contributed by atoms with Gasteiger partial charge in [0, 0.05) is 0 Å². The number of aliphatic carboxylic acids is 1. The summed E-state index contributed by atoms with van der Waals surface area (Å²) in [6.45, 7) is 0. The van der Waals surface area contributed by atoms with Crippen LogP contribution in [0.2, 0.25) is 0 Å². The van der Waals surface area contributed by atoms with Gasteiger partial charge < -0.3 is 15.9 Å². The first-order valence-corrected chi connectivity index (χ1v) is 22.4. The van der Waals surface area contributed by atoms with Gasteiger partial charge in [-0.3, -0.25) is 4.79 Å². The van der Waals surface area contributed by atoms with Crippen LogP contribution in [0, 0.1) is 0 Å². The Kier molecular flexibility index (Phi) is 8.50. The molecule has 18 heavy (non-hydrogen) atoms. The number of hydrogen-bond donors (Lipinski definition) is 3. The molecule has 2 rings (SSSR count). The minimum absolute atomic E-state index is 0.160. The summed E-state index contributed by atoms with van der Waals surface area (Å²) in [6, 6.07) is 5.42. The van der Waals surface area contributed by atoms with E-state index in [1.54, 1.807) is 12.1 Å². The van der Waals surface area contributed by atoms with Gasteiger partial charge in [0.25, 0.3) is 0 Å². The van der Waals surface area contributed by atoms with E-state index in [4.69, 9.17) is 15.9 Å². The predicted molar refractivity (Wildman–Crippen MR) is 103 cm³/mol. The molecule has 0 bridgehead atoms.